The molecule has 0 rings (SSSR count). The fourth-order valence-corrected chi connectivity index (χ4v) is 2.65. The minimum absolute atomic E-state index is 0.792. The predicted octanol–water partition coefficient (Wildman–Crippen LogP) is 4.80. The van der Waals surface area contributed by atoms with E-state index >= 15 is 0 Å². The summed E-state index contributed by atoms with van der Waals surface area (Å²) in [7, 11) is 4.88. The molecule has 0 aromatic rings. The van der Waals surface area contributed by atoms with Crippen LogP contribution in [0.3, 0.4) is 0 Å². The van der Waals surface area contributed by atoms with Crippen LogP contribution < -0.4 is 0 Å². The quantitative estimate of drug-likeness (QED) is 0.267. The molecule has 3 nitrogen and oxygen atoms in total. The van der Waals surface area contributed by atoms with Crippen molar-refractivity contribution in [2.45, 2.75) is 76.6 Å². The van der Waals surface area contributed by atoms with Crippen molar-refractivity contribution in [1.82, 2.24) is 0 Å². The third-order valence-electron chi connectivity index (χ3n) is 3.82. The zero-order valence-corrected chi connectivity index (χ0v) is 14.6. The molecule has 0 atom stereocenters. The molecule has 0 aliphatic heterocycles. The first kappa shape index (κ1) is 20.2. The normalized spacial score (nSPS) is 12.0. The number of hydrogen-bond donors (Lipinski definition) is 1. The summed E-state index contributed by atoms with van der Waals surface area (Å²) < 4.78 is 15.8. The summed E-state index contributed by atoms with van der Waals surface area (Å²) in [5.41, 5.74) is 0. The highest BCUT2D eigenvalue weighted by atomic mass is 32.1. The number of ether oxygens (including phenoxy) is 3. The molecule has 0 aromatic heterocycles. The Balaban J connectivity index is 3.32. The van der Waals surface area contributed by atoms with Gasteiger partial charge in [-0.15, -0.1) is 0 Å². The van der Waals surface area contributed by atoms with Gasteiger partial charge in [-0.1, -0.05) is 51.4 Å². The first-order valence-electron chi connectivity index (χ1n) is 8.01. The van der Waals surface area contributed by atoms with Crippen molar-refractivity contribution in [3.8, 4) is 0 Å². The van der Waals surface area contributed by atoms with Crippen molar-refractivity contribution < 1.29 is 14.2 Å². The van der Waals surface area contributed by atoms with Crippen molar-refractivity contribution in [3.63, 3.8) is 0 Å². The zero-order valence-electron chi connectivity index (χ0n) is 13.7. The third kappa shape index (κ3) is 10.0. The van der Waals surface area contributed by atoms with Crippen molar-refractivity contribution in [1.29, 1.82) is 0 Å². The lowest BCUT2D eigenvalue weighted by molar-refractivity contribution is -0.355. The Morgan fingerprint density at radius 3 is 1.30 bits per heavy atom. The van der Waals surface area contributed by atoms with Crippen LogP contribution in [0.2, 0.25) is 0 Å². The number of unbranched alkanes of at least 4 members (excludes halogenated alkanes) is 9. The Hall–Kier alpha value is 0.230. The lowest BCUT2D eigenvalue weighted by Crippen LogP contribution is -2.35. The average molecular weight is 307 g/mol. The minimum Gasteiger partial charge on any atom is -0.331 e. The van der Waals surface area contributed by atoms with Gasteiger partial charge in [-0.3, -0.25) is 0 Å². The van der Waals surface area contributed by atoms with E-state index < -0.39 is 5.97 Å². The average Bonchev–Trinajstić information content (AvgIpc) is 2.49. The van der Waals surface area contributed by atoms with E-state index in [9.17, 15) is 0 Å². The smallest absolute Gasteiger partial charge is 0.282 e. The van der Waals surface area contributed by atoms with Crippen LogP contribution in [0.5, 0.6) is 0 Å². The monoisotopic (exact) mass is 306 g/mol. The summed E-state index contributed by atoms with van der Waals surface area (Å²) in [4.78, 5) is 0. The van der Waals surface area contributed by atoms with Crippen molar-refractivity contribution in [3.05, 3.63) is 0 Å². The van der Waals surface area contributed by atoms with Crippen LogP contribution in [0.25, 0.3) is 0 Å². The summed E-state index contributed by atoms with van der Waals surface area (Å²) in [6, 6.07) is 0. The Bertz CT molecular complexity index is 188. The molecule has 0 N–H and O–H groups in total. The van der Waals surface area contributed by atoms with Crippen molar-refractivity contribution >= 4 is 12.6 Å². The lowest BCUT2D eigenvalue weighted by Gasteiger charge is -2.28. The Morgan fingerprint density at radius 2 is 0.950 bits per heavy atom. The number of rotatable bonds is 15. The van der Waals surface area contributed by atoms with E-state index in [2.05, 4.69) is 12.6 Å². The number of hydrogen-bond acceptors (Lipinski definition) is 4. The summed E-state index contributed by atoms with van der Waals surface area (Å²) in [6.07, 6.45) is 13.8. The molecule has 0 aliphatic rings. The van der Waals surface area contributed by atoms with E-state index in [1.165, 1.54) is 57.8 Å². The van der Waals surface area contributed by atoms with Gasteiger partial charge in [0.15, 0.2) is 0 Å². The summed E-state index contributed by atoms with van der Waals surface area (Å²) in [6.45, 7) is 0. The molecule has 0 aromatic carbocycles. The summed E-state index contributed by atoms with van der Waals surface area (Å²) in [5, 5.41) is 0. The molecule has 0 fully saturated rings. The van der Waals surface area contributed by atoms with E-state index in [4.69, 9.17) is 14.2 Å². The minimum atomic E-state index is -0.840. The second kappa shape index (κ2) is 14.2. The van der Waals surface area contributed by atoms with E-state index in [-0.39, 0.29) is 0 Å². The lowest BCUT2D eigenvalue weighted by atomic mass is 10.1. The fraction of sp³-hybridized carbons (Fsp3) is 1.00. The maximum atomic E-state index is 5.28. The van der Waals surface area contributed by atoms with Gasteiger partial charge in [-0.05, 0) is 18.6 Å². The third-order valence-corrected chi connectivity index (χ3v) is 4.14. The highest BCUT2D eigenvalue weighted by molar-refractivity contribution is 7.80. The summed E-state index contributed by atoms with van der Waals surface area (Å²) >= 11 is 4.23. The predicted molar refractivity (Wildman–Crippen MR) is 88.4 cm³/mol. The molecule has 0 bridgehead atoms. The number of methoxy groups -OCH3 is 3. The van der Waals surface area contributed by atoms with Crippen LogP contribution in [0.15, 0.2) is 0 Å². The maximum absolute atomic E-state index is 5.28. The molecule has 0 radical (unpaired) electrons. The Kier molecular flexibility index (Phi) is 14.3. The van der Waals surface area contributed by atoms with Gasteiger partial charge in [0.25, 0.3) is 5.97 Å². The van der Waals surface area contributed by atoms with Gasteiger partial charge in [0.1, 0.15) is 0 Å². The second-order valence-electron chi connectivity index (χ2n) is 5.30. The highest BCUT2D eigenvalue weighted by Gasteiger charge is 2.28. The molecule has 0 unspecified atom stereocenters. The Labute approximate surface area is 131 Å². The van der Waals surface area contributed by atoms with Crippen LogP contribution >= 0.6 is 12.6 Å². The molecule has 20 heavy (non-hydrogen) atoms. The van der Waals surface area contributed by atoms with Crippen LogP contribution in [0.4, 0.5) is 0 Å². The summed E-state index contributed by atoms with van der Waals surface area (Å²) in [5.74, 6) is 0.193. The topological polar surface area (TPSA) is 27.7 Å². The molecule has 0 aliphatic carbocycles. The van der Waals surface area contributed by atoms with Gasteiger partial charge in [-0.25, -0.2) is 0 Å². The second-order valence-corrected chi connectivity index (χ2v) is 5.75. The molecular formula is C16H34O3S. The molecule has 122 valence electrons. The van der Waals surface area contributed by atoms with E-state index in [0.29, 0.717) is 0 Å². The first-order valence-corrected chi connectivity index (χ1v) is 8.64. The van der Waals surface area contributed by atoms with Gasteiger partial charge in [0, 0.05) is 27.8 Å². The van der Waals surface area contributed by atoms with Crippen LogP contribution in [-0.4, -0.2) is 33.1 Å². The van der Waals surface area contributed by atoms with Crippen molar-refractivity contribution in [2.75, 3.05) is 27.1 Å². The number of thiol groups is 1. The van der Waals surface area contributed by atoms with Gasteiger partial charge in [0.05, 0.1) is 0 Å². The standard InChI is InChI=1S/C16H34O3S/c1-17-16(18-2,19-3)14-12-10-8-6-4-5-7-9-11-13-15-20/h20H,4-15H2,1-3H3. The van der Waals surface area contributed by atoms with Crippen molar-refractivity contribution in [2.24, 2.45) is 0 Å². The molecule has 0 saturated heterocycles. The van der Waals surface area contributed by atoms with E-state index in [1.54, 1.807) is 21.3 Å². The van der Waals surface area contributed by atoms with Gasteiger partial charge in [-0.2, -0.15) is 12.6 Å². The van der Waals surface area contributed by atoms with Crippen LogP contribution in [0.1, 0.15) is 70.6 Å². The molecule has 0 saturated carbocycles. The maximum Gasteiger partial charge on any atom is 0.282 e. The molecule has 0 amide bonds. The zero-order chi connectivity index (χ0) is 15.1. The molecule has 0 spiro atoms. The van der Waals surface area contributed by atoms with Crippen LogP contribution in [-0.2, 0) is 14.2 Å². The SMILES string of the molecule is COC(CCCCCCCCCCCCS)(OC)OC. The van der Waals surface area contributed by atoms with Gasteiger partial charge >= 0.3 is 0 Å². The van der Waals surface area contributed by atoms with E-state index in [0.717, 1.165) is 18.6 Å². The van der Waals surface area contributed by atoms with Gasteiger partial charge < -0.3 is 14.2 Å². The largest absolute Gasteiger partial charge is 0.331 e. The van der Waals surface area contributed by atoms with Crippen LogP contribution in [0, 0.1) is 0 Å². The fourth-order valence-electron chi connectivity index (χ4n) is 2.42. The highest BCUT2D eigenvalue weighted by Crippen LogP contribution is 2.21. The van der Waals surface area contributed by atoms with Gasteiger partial charge in [0.2, 0.25) is 0 Å². The Morgan fingerprint density at radius 1 is 0.600 bits per heavy atom. The molecular weight excluding hydrogens is 272 g/mol. The first-order chi connectivity index (χ1) is 9.74. The van der Waals surface area contributed by atoms with E-state index in [1.807, 2.05) is 0 Å². The molecule has 4 heteroatoms. The molecule has 0 heterocycles.